The molecule has 2 heterocycles. The zero-order valence-electron chi connectivity index (χ0n) is 13.8. The molecule has 0 fully saturated rings. The molecule has 0 aliphatic carbocycles. The van der Waals surface area contributed by atoms with Gasteiger partial charge >= 0.3 is 184 Å². The van der Waals surface area contributed by atoms with E-state index in [9.17, 15) is 9.59 Å². The number of amides is 2. The van der Waals surface area contributed by atoms with Gasteiger partial charge in [-0.2, -0.15) is 0 Å². The van der Waals surface area contributed by atoms with Crippen molar-refractivity contribution in [1.29, 1.82) is 0 Å². The van der Waals surface area contributed by atoms with E-state index < -0.39 is 13.4 Å². The number of nitrogens with one attached hydrogen (secondary N) is 2. The molecule has 2 aromatic heterocycles. The predicted molar refractivity (Wildman–Crippen MR) is 116 cm³/mol. The third-order valence-electron chi connectivity index (χ3n) is 2.70. The molecule has 2 amide bonds. The molecule has 0 saturated heterocycles. The Morgan fingerprint density at radius 2 is 1.22 bits per heavy atom. The zero-order chi connectivity index (χ0) is 20.2. The summed E-state index contributed by atoms with van der Waals surface area (Å²) < 4.78 is 0. The molecule has 0 radical (unpaired) electrons. The van der Waals surface area contributed by atoms with Crippen LogP contribution in [0.25, 0.3) is 0 Å². The van der Waals surface area contributed by atoms with Gasteiger partial charge in [0.25, 0.3) is 0 Å². The van der Waals surface area contributed by atoms with E-state index in [0.717, 1.165) is 17.9 Å². The molecule has 0 spiro atoms. The van der Waals surface area contributed by atoms with Crippen LogP contribution in [0.1, 0.15) is 13.8 Å². The van der Waals surface area contributed by atoms with Gasteiger partial charge in [-0.3, -0.25) is 0 Å². The van der Waals surface area contributed by atoms with E-state index in [2.05, 4.69) is 20.6 Å². The van der Waals surface area contributed by atoms with Crippen molar-refractivity contribution in [3.63, 3.8) is 0 Å². The predicted octanol–water partition coefficient (Wildman–Crippen LogP) is 5.50. The molecule has 6 nitrogen and oxygen atoms in total. The summed E-state index contributed by atoms with van der Waals surface area (Å²) in [4.78, 5) is 31.2. The Bertz CT molecular complexity index is 819. The molecular weight excluding hydrogens is 581 g/mol. The molecule has 0 saturated carbocycles. The zero-order valence-corrected chi connectivity index (χ0v) is 21.4. The summed E-state index contributed by atoms with van der Waals surface area (Å²) in [7, 11) is 15.6. The Morgan fingerprint density at radius 3 is 1.56 bits per heavy atom. The minimum absolute atomic E-state index is 0.242. The SMILES string of the molecule is CC(=O)Nc1ccc(Cl)nc1[S][Sn]([Cl])([Cl])[S]c1nc(Cl)ccc1NC(C)=O. The van der Waals surface area contributed by atoms with Crippen molar-refractivity contribution in [2.75, 3.05) is 10.6 Å². The first-order valence-electron chi connectivity index (χ1n) is 7.20. The van der Waals surface area contributed by atoms with Crippen LogP contribution < -0.4 is 10.6 Å². The van der Waals surface area contributed by atoms with Gasteiger partial charge < -0.3 is 0 Å². The molecule has 2 aromatic rings. The minimum atomic E-state index is -4.00. The first kappa shape index (κ1) is 23.2. The summed E-state index contributed by atoms with van der Waals surface area (Å²) in [5, 5.41) is 6.64. The molecule has 27 heavy (non-hydrogen) atoms. The molecule has 0 aliphatic rings. The number of halogens is 4. The summed E-state index contributed by atoms with van der Waals surface area (Å²) in [5.74, 6) is -0.522. The number of carbonyl (C=O) groups excluding carboxylic acids is 2. The van der Waals surface area contributed by atoms with Crippen molar-refractivity contribution < 1.29 is 9.59 Å². The van der Waals surface area contributed by atoms with Crippen LogP contribution >= 0.6 is 58.9 Å². The molecule has 0 aromatic carbocycles. The molecule has 0 aliphatic heterocycles. The Hall–Kier alpha value is -0.101. The number of anilines is 2. The normalized spacial score (nSPS) is 11.2. The van der Waals surface area contributed by atoms with Crippen LogP contribution in [0.5, 0.6) is 0 Å². The summed E-state index contributed by atoms with van der Waals surface area (Å²) >= 11 is 7.92. The van der Waals surface area contributed by atoms with Crippen LogP contribution in [0.3, 0.4) is 0 Å². The van der Waals surface area contributed by atoms with Gasteiger partial charge in [-0.25, -0.2) is 0 Å². The van der Waals surface area contributed by atoms with Crippen molar-refractivity contribution >= 4 is 95.5 Å². The fourth-order valence-corrected chi connectivity index (χ4v) is 20.2. The second kappa shape index (κ2) is 10.1. The number of hydrogen-bond donors (Lipinski definition) is 2. The van der Waals surface area contributed by atoms with E-state index in [1.165, 1.54) is 13.8 Å². The van der Waals surface area contributed by atoms with Crippen LogP contribution in [0.2, 0.25) is 10.3 Å². The summed E-state index contributed by atoms with van der Waals surface area (Å²) in [6.07, 6.45) is 0. The molecule has 13 heteroatoms. The van der Waals surface area contributed by atoms with Crippen molar-refractivity contribution in [3.05, 3.63) is 34.6 Å². The first-order valence-corrected chi connectivity index (χ1v) is 23.8. The first-order chi connectivity index (χ1) is 12.6. The third kappa shape index (κ3) is 7.68. The van der Waals surface area contributed by atoms with Crippen molar-refractivity contribution in [2.24, 2.45) is 0 Å². The maximum atomic E-state index is 11.4. The molecule has 2 N–H and O–H groups in total. The van der Waals surface area contributed by atoms with E-state index in [1.807, 2.05) is 0 Å². The molecule has 144 valence electrons. The topological polar surface area (TPSA) is 84.0 Å². The fourth-order valence-electron chi connectivity index (χ4n) is 1.81. The van der Waals surface area contributed by atoms with Gasteiger partial charge in [0, 0.05) is 0 Å². The molecule has 2 rings (SSSR count). The average Bonchev–Trinajstić information content (AvgIpc) is 2.51. The van der Waals surface area contributed by atoms with Crippen LogP contribution in [0.4, 0.5) is 11.4 Å². The van der Waals surface area contributed by atoms with Gasteiger partial charge in [-0.05, 0) is 0 Å². The van der Waals surface area contributed by atoms with Gasteiger partial charge in [-0.15, -0.1) is 0 Å². The number of aromatic nitrogens is 2. The van der Waals surface area contributed by atoms with Gasteiger partial charge in [0.15, 0.2) is 0 Å². The van der Waals surface area contributed by atoms with Gasteiger partial charge in [0.2, 0.25) is 0 Å². The molecule has 0 unspecified atom stereocenters. The molecule has 0 bridgehead atoms. The fraction of sp³-hybridized carbons (Fsp3) is 0.143. The number of pyridine rings is 2. The summed E-state index contributed by atoms with van der Waals surface area (Å²) in [6.45, 7) is 2.76. The number of hydrogen-bond acceptors (Lipinski definition) is 6. The van der Waals surface area contributed by atoms with Crippen LogP contribution in [0, 0.1) is 0 Å². The van der Waals surface area contributed by atoms with Gasteiger partial charge in [0.1, 0.15) is 0 Å². The van der Waals surface area contributed by atoms with E-state index in [1.54, 1.807) is 24.3 Å². The third-order valence-corrected chi connectivity index (χ3v) is 21.6. The second-order valence-electron chi connectivity index (χ2n) is 5.00. The number of nitrogens with zero attached hydrogens (tertiary/aromatic N) is 2. The molecular formula is C14H12Cl4N4O2S2Sn. The Kier molecular flexibility index (Phi) is 8.66. The standard InChI is InChI=1S/2C7H7ClN2OS.2ClH.Sn/c2*1-4(11)9-5-2-3-6(8)10-7(5)12;;;/h2*2-3H,1H3,(H,9,11)(H,10,12);2*1H;/q;;;;+4/p-4. The summed E-state index contributed by atoms with van der Waals surface area (Å²) in [6, 6.07) is 6.36. The summed E-state index contributed by atoms with van der Waals surface area (Å²) in [5.41, 5.74) is 0.919. The van der Waals surface area contributed by atoms with Crippen molar-refractivity contribution in [1.82, 2.24) is 9.97 Å². The van der Waals surface area contributed by atoms with E-state index in [0.29, 0.717) is 21.4 Å². The van der Waals surface area contributed by atoms with Crippen LogP contribution in [-0.2, 0) is 9.59 Å². The van der Waals surface area contributed by atoms with Crippen LogP contribution in [-0.4, -0.2) is 35.1 Å². The Balaban J connectivity index is 2.30. The van der Waals surface area contributed by atoms with Crippen LogP contribution in [0.15, 0.2) is 34.3 Å². The second-order valence-corrected chi connectivity index (χ2v) is 38.0. The van der Waals surface area contributed by atoms with E-state index in [-0.39, 0.29) is 22.1 Å². The van der Waals surface area contributed by atoms with E-state index in [4.69, 9.17) is 41.0 Å². The number of rotatable bonds is 6. The molecule has 0 atom stereocenters. The van der Waals surface area contributed by atoms with Gasteiger partial charge in [0.05, 0.1) is 0 Å². The quantitative estimate of drug-likeness (QED) is 0.341. The van der Waals surface area contributed by atoms with Crippen molar-refractivity contribution in [3.8, 4) is 0 Å². The Labute approximate surface area is 182 Å². The van der Waals surface area contributed by atoms with E-state index >= 15 is 0 Å². The number of carbonyl (C=O) groups is 2. The average molecular weight is 593 g/mol. The Morgan fingerprint density at radius 1 is 0.852 bits per heavy atom. The monoisotopic (exact) mass is 592 g/mol. The van der Waals surface area contributed by atoms with Gasteiger partial charge in [-0.1, -0.05) is 0 Å². The maximum absolute atomic E-state index is 11.4. The van der Waals surface area contributed by atoms with Crippen molar-refractivity contribution in [2.45, 2.75) is 23.9 Å².